The number of thioether (sulfide) groups is 1. The van der Waals surface area contributed by atoms with E-state index in [-0.39, 0.29) is 0 Å². The highest BCUT2D eigenvalue weighted by Gasteiger charge is 2.15. The lowest BCUT2D eigenvalue weighted by Gasteiger charge is -2.18. The minimum Gasteiger partial charge on any atom is -0.480 e. The van der Waals surface area contributed by atoms with Gasteiger partial charge in [-0.25, -0.2) is 0 Å². The van der Waals surface area contributed by atoms with E-state index in [4.69, 9.17) is 9.47 Å². The van der Waals surface area contributed by atoms with Crippen LogP contribution in [0.25, 0.3) is 0 Å². The van der Waals surface area contributed by atoms with E-state index >= 15 is 0 Å². The zero-order valence-electron chi connectivity index (χ0n) is 15.3. The van der Waals surface area contributed by atoms with Crippen LogP contribution in [0.1, 0.15) is 43.7 Å². The molecular formula is C21H22N2O2S. The van der Waals surface area contributed by atoms with Gasteiger partial charge < -0.3 is 9.47 Å². The van der Waals surface area contributed by atoms with Crippen molar-refractivity contribution in [3.63, 3.8) is 0 Å². The van der Waals surface area contributed by atoms with Gasteiger partial charge in [0.1, 0.15) is 17.4 Å². The number of nitriles is 1. The van der Waals surface area contributed by atoms with Crippen LogP contribution >= 0.6 is 11.8 Å². The van der Waals surface area contributed by atoms with Gasteiger partial charge in [-0.15, -0.1) is 0 Å². The van der Waals surface area contributed by atoms with E-state index in [0.717, 1.165) is 37.0 Å². The zero-order chi connectivity index (χ0) is 18.5. The van der Waals surface area contributed by atoms with Crippen LogP contribution in [0.5, 0.6) is 11.8 Å². The first kappa shape index (κ1) is 18.3. The van der Waals surface area contributed by atoms with Crippen molar-refractivity contribution in [3.8, 4) is 17.8 Å². The highest BCUT2D eigenvalue weighted by molar-refractivity contribution is 8.06. The Morgan fingerprint density at radius 3 is 2.35 bits per heavy atom. The van der Waals surface area contributed by atoms with Gasteiger partial charge in [0.25, 0.3) is 0 Å². The van der Waals surface area contributed by atoms with Crippen LogP contribution in [-0.2, 0) is 0 Å². The maximum Gasteiger partial charge on any atom is 0.235 e. The predicted molar refractivity (Wildman–Crippen MR) is 105 cm³/mol. The molecule has 1 heterocycles. The number of rotatable bonds is 5. The monoisotopic (exact) mass is 366 g/mol. The number of methoxy groups -OCH3 is 1. The first-order valence-electron chi connectivity index (χ1n) is 8.66. The first-order chi connectivity index (χ1) is 12.6. The Kier molecular flexibility index (Phi) is 5.85. The highest BCUT2D eigenvalue weighted by Crippen LogP contribution is 2.37. The van der Waals surface area contributed by atoms with Crippen LogP contribution in [0.2, 0.25) is 0 Å². The molecule has 0 radical (unpaired) electrons. The predicted octanol–water partition coefficient (Wildman–Crippen LogP) is 5.57. The summed E-state index contributed by atoms with van der Waals surface area (Å²) in [6, 6.07) is 3.89. The highest BCUT2D eigenvalue weighted by atomic mass is 32.2. The molecule has 1 aromatic rings. The maximum absolute atomic E-state index is 9.18. The fourth-order valence-electron chi connectivity index (χ4n) is 2.83. The lowest BCUT2D eigenvalue weighted by Crippen LogP contribution is -2.03. The van der Waals surface area contributed by atoms with Crippen molar-refractivity contribution in [3.05, 3.63) is 62.6 Å². The molecule has 0 bridgehead atoms. The Morgan fingerprint density at radius 1 is 1.04 bits per heavy atom. The topological polar surface area (TPSA) is 55.1 Å². The summed E-state index contributed by atoms with van der Waals surface area (Å²) in [5, 5.41) is 9.18. The minimum atomic E-state index is 0.304. The lowest BCUT2D eigenvalue weighted by molar-refractivity contribution is 0.359. The number of aromatic nitrogens is 1. The molecule has 0 aliphatic heterocycles. The number of nitrogens with zero attached hydrogens (tertiary/aromatic N) is 2. The number of allylic oxidation sites excluding steroid dienone is 8. The van der Waals surface area contributed by atoms with Gasteiger partial charge >= 0.3 is 0 Å². The molecule has 2 aliphatic carbocycles. The summed E-state index contributed by atoms with van der Waals surface area (Å²) in [4.78, 5) is 7.07. The van der Waals surface area contributed by atoms with Crippen LogP contribution in [0, 0.1) is 18.3 Å². The smallest absolute Gasteiger partial charge is 0.235 e. The van der Waals surface area contributed by atoms with Gasteiger partial charge in [0.05, 0.1) is 7.11 Å². The van der Waals surface area contributed by atoms with E-state index in [1.807, 2.05) is 24.8 Å². The van der Waals surface area contributed by atoms with Crippen molar-refractivity contribution in [1.82, 2.24) is 4.98 Å². The molecule has 0 amide bonds. The summed E-state index contributed by atoms with van der Waals surface area (Å²) < 4.78 is 11.1. The normalized spacial score (nSPS) is 16.7. The van der Waals surface area contributed by atoms with Crippen molar-refractivity contribution in [2.45, 2.75) is 39.5 Å². The van der Waals surface area contributed by atoms with E-state index in [1.54, 1.807) is 6.07 Å². The maximum atomic E-state index is 9.18. The molecule has 2 aliphatic rings. The second-order valence-corrected chi connectivity index (χ2v) is 7.64. The second kappa shape index (κ2) is 8.29. The van der Waals surface area contributed by atoms with Crippen LogP contribution in [0.3, 0.4) is 0 Å². The van der Waals surface area contributed by atoms with Crippen LogP contribution in [0.15, 0.2) is 51.5 Å². The lowest BCUT2D eigenvalue weighted by atomic mass is 10.1. The number of aryl methyl sites for hydroxylation is 1. The van der Waals surface area contributed by atoms with Crippen molar-refractivity contribution >= 4 is 11.8 Å². The van der Waals surface area contributed by atoms with Gasteiger partial charge in [0, 0.05) is 12.5 Å². The molecule has 0 saturated heterocycles. The third-order valence-electron chi connectivity index (χ3n) is 4.36. The Morgan fingerprint density at radius 2 is 1.77 bits per heavy atom. The Balaban J connectivity index is 1.69. The molecule has 0 unspecified atom stereocenters. The van der Waals surface area contributed by atoms with Gasteiger partial charge in [-0.1, -0.05) is 29.5 Å². The van der Waals surface area contributed by atoms with Crippen LogP contribution in [0.4, 0.5) is 0 Å². The van der Waals surface area contributed by atoms with Crippen LogP contribution < -0.4 is 9.47 Å². The third kappa shape index (κ3) is 4.39. The van der Waals surface area contributed by atoms with Gasteiger partial charge in [0.15, 0.2) is 0 Å². The fourth-order valence-corrected chi connectivity index (χ4v) is 3.85. The second-order valence-electron chi connectivity index (χ2n) is 6.39. The Hall–Kier alpha value is -2.45. The molecule has 5 heteroatoms. The number of hydrogen-bond donors (Lipinski definition) is 0. The van der Waals surface area contributed by atoms with Crippen molar-refractivity contribution < 1.29 is 9.47 Å². The van der Waals surface area contributed by atoms with E-state index in [2.05, 4.69) is 36.2 Å². The molecule has 0 spiro atoms. The standard InChI is InChI=1S/C21H22N2O2S/c1-14-4-8-17(9-5-14)26-18-10-6-16(7-11-18)25-20-12-15(2)19(13-22)21(23-20)24-3/h4,6,8,10,12H,5,7,9,11H2,1-3H3. The summed E-state index contributed by atoms with van der Waals surface area (Å²) in [5.41, 5.74) is 2.69. The third-order valence-corrected chi connectivity index (χ3v) is 5.56. The quantitative estimate of drug-likeness (QED) is 0.682. The van der Waals surface area contributed by atoms with Crippen molar-refractivity contribution in [1.29, 1.82) is 5.26 Å². The Bertz CT molecular complexity index is 873. The molecule has 4 nitrogen and oxygen atoms in total. The van der Waals surface area contributed by atoms with E-state index in [1.165, 1.54) is 22.5 Å². The van der Waals surface area contributed by atoms with Gasteiger partial charge in [-0.05, 0) is 60.6 Å². The average molecular weight is 366 g/mol. The zero-order valence-corrected chi connectivity index (χ0v) is 16.2. The summed E-state index contributed by atoms with van der Waals surface area (Å²) in [6.07, 6.45) is 12.7. The van der Waals surface area contributed by atoms with Crippen molar-refractivity contribution in [2.24, 2.45) is 0 Å². The molecule has 3 rings (SSSR count). The number of pyridine rings is 1. The largest absolute Gasteiger partial charge is 0.480 e. The minimum absolute atomic E-state index is 0.304. The van der Waals surface area contributed by atoms with Gasteiger partial charge in [0.2, 0.25) is 11.8 Å². The average Bonchev–Trinajstić information content (AvgIpc) is 2.64. The van der Waals surface area contributed by atoms with Crippen LogP contribution in [-0.4, -0.2) is 12.1 Å². The summed E-state index contributed by atoms with van der Waals surface area (Å²) in [5.74, 6) is 1.64. The number of ether oxygens (including phenoxy) is 2. The molecule has 0 aromatic carbocycles. The van der Waals surface area contributed by atoms with Gasteiger partial charge in [-0.3, -0.25) is 0 Å². The molecule has 0 atom stereocenters. The molecule has 26 heavy (non-hydrogen) atoms. The molecular weight excluding hydrogens is 344 g/mol. The SMILES string of the molecule is COc1nc(OC2=CC=C(SC3=CC=C(C)CC3)CC2)cc(C)c1C#N. The Labute approximate surface area is 158 Å². The van der Waals surface area contributed by atoms with E-state index in [0.29, 0.717) is 17.3 Å². The van der Waals surface area contributed by atoms with E-state index < -0.39 is 0 Å². The molecule has 0 fully saturated rings. The molecule has 0 N–H and O–H groups in total. The summed E-state index contributed by atoms with van der Waals surface area (Å²) in [7, 11) is 1.51. The van der Waals surface area contributed by atoms with Crippen molar-refractivity contribution in [2.75, 3.05) is 7.11 Å². The number of hydrogen-bond acceptors (Lipinski definition) is 5. The first-order valence-corrected chi connectivity index (χ1v) is 9.48. The molecule has 0 saturated carbocycles. The fraction of sp³-hybridized carbons (Fsp3) is 0.333. The molecule has 134 valence electrons. The summed E-state index contributed by atoms with van der Waals surface area (Å²) >= 11 is 1.87. The van der Waals surface area contributed by atoms with Gasteiger partial charge in [-0.2, -0.15) is 10.2 Å². The molecule has 1 aromatic heterocycles. The van der Waals surface area contributed by atoms with E-state index in [9.17, 15) is 5.26 Å². The summed E-state index contributed by atoms with van der Waals surface area (Å²) in [6.45, 7) is 4.03.